The molecule has 3 heterocycles. The molecule has 0 aliphatic carbocycles. The monoisotopic (exact) mass is 653 g/mol. The maximum Gasteiger partial charge on any atom is 0.308 e. The van der Waals surface area contributed by atoms with E-state index in [-0.39, 0.29) is 29.1 Å². The number of hydrogen-bond acceptors (Lipinski definition) is 6. The Balaban J connectivity index is 1.41. The minimum Gasteiger partial charge on any atom is -0.325 e. The van der Waals surface area contributed by atoms with Gasteiger partial charge in [0.15, 0.2) is 0 Å². The van der Waals surface area contributed by atoms with Gasteiger partial charge in [0, 0.05) is 26.0 Å². The van der Waals surface area contributed by atoms with Crippen molar-refractivity contribution in [2.24, 2.45) is 5.92 Å². The van der Waals surface area contributed by atoms with Crippen LogP contribution in [0.1, 0.15) is 21.9 Å². The SMILES string of the molecule is Cc1cccc(NC(=O)Cn2c3c(sc2=O)[C@H](c2cccc(Br)c2)C2C(=O)N(c4ccc(Cl)cc4)C(=O)C2S3)c1. The highest BCUT2D eigenvalue weighted by Crippen LogP contribution is 2.54. The van der Waals surface area contributed by atoms with Crippen LogP contribution < -0.4 is 15.1 Å². The van der Waals surface area contributed by atoms with Crippen LogP contribution in [0.2, 0.25) is 5.02 Å². The lowest BCUT2D eigenvalue weighted by molar-refractivity contribution is -0.122. The number of aromatic nitrogens is 1. The molecule has 0 bridgehead atoms. The Hall–Kier alpha value is -3.18. The fraction of sp³-hybridized carbons (Fsp3) is 0.172. The van der Waals surface area contributed by atoms with Crippen LogP contribution in [0.15, 0.2) is 87.1 Å². The first kappa shape index (κ1) is 27.0. The van der Waals surface area contributed by atoms with Gasteiger partial charge in [-0.1, -0.05) is 74.9 Å². The molecule has 7 nitrogen and oxygen atoms in total. The zero-order valence-corrected chi connectivity index (χ0v) is 24.9. The number of hydrogen-bond donors (Lipinski definition) is 1. The Labute approximate surface area is 251 Å². The molecule has 202 valence electrons. The average Bonchev–Trinajstić information content (AvgIpc) is 3.35. The highest BCUT2D eigenvalue weighted by molar-refractivity contribution is 9.10. The molecule has 1 fully saturated rings. The molecular weight excluding hydrogens is 634 g/mol. The van der Waals surface area contributed by atoms with Crippen LogP contribution >= 0.6 is 50.6 Å². The van der Waals surface area contributed by atoms with Gasteiger partial charge < -0.3 is 5.32 Å². The number of thiazole rings is 1. The third kappa shape index (κ3) is 4.83. The van der Waals surface area contributed by atoms with Gasteiger partial charge in [-0.3, -0.25) is 23.7 Å². The molecule has 40 heavy (non-hydrogen) atoms. The number of fused-ring (bicyclic) bond motifs is 2. The molecule has 2 aliphatic rings. The zero-order valence-electron chi connectivity index (χ0n) is 21.0. The molecule has 6 rings (SSSR count). The van der Waals surface area contributed by atoms with Crippen LogP contribution in [-0.2, 0) is 20.9 Å². The topological polar surface area (TPSA) is 88.5 Å². The number of benzene rings is 3. The van der Waals surface area contributed by atoms with Crippen molar-refractivity contribution < 1.29 is 14.4 Å². The van der Waals surface area contributed by atoms with Crippen LogP contribution in [0.5, 0.6) is 0 Å². The summed E-state index contributed by atoms with van der Waals surface area (Å²) in [6.45, 7) is 1.72. The summed E-state index contributed by atoms with van der Waals surface area (Å²) in [7, 11) is 0. The van der Waals surface area contributed by atoms with Crippen molar-refractivity contribution in [1.82, 2.24) is 4.57 Å². The lowest BCUT2D eigenvalue weighted by atomic mass is 9.83. The molecule has 1 aromatic heterocycles. The van der Waals surface area contributed by atoms with E-state index in [1.165, 1.54) is 21.2 Å². The summed E-state index contributed by atoms with van der Waals surface area (Å²) in [5.41, 5.74) is 2.89. The van der Waals surface area contributed by atoms with Crippen molar-refractivity contribution >= 4 is 79.7 Å². The molecule has 3 atom stereocenters. The number of imide groups is 1. The van der Waals surface area contributed by atoms with E-state index in [4.69, 9.17) is 11.6 Å². The number of halogens is 2. The van der Waals surface area contributed by atoms with Gasteiger partial charge in [0.05, 0.1) is 16.6 Å². The van der Waals surface area contributed by atoms with E-state index in [1.54, 1.807) is 30.3 Å². The molecule has 3 aromatic carbocycles. The van der Waals surface area contributed by atoms with Gasteiger partial charge in [-0.2, -0.15) is 0 Å². The fourth-order valence-electron chi connectivity index (χ4n) is 5.23. The highest BCUT2D eigenvalue weighted by Gasteiger charge is 2.56. The maximum absolute atomic E-state index is 13.9. The number of nitrogens with zero attached hydrogens (tertiary/aromatic N) is 2. The van der Waals surface area contributed by atoms with Crippen molar-refractivity contribution in [2.45, 2.75) is 29.7 Å². The molecule has 0 spiro atoms. The summed E-state index contributed by atoms with van der Waals surface area (Å²) < 4.78 is 2.23. The van der Waals surface area contributed by atoms with Crippen molar-refractivity contribution in [3.63, 3.8) is 0 Å². The van der Waals surface area contributed by atoms with Crippen LogP contribution in [0.25, 0.3) is 0 Å². The summed E-state index contributed by atoms with van der Waals surface area (Å²) in [5, 5.41) is 3.13. The summed E-state index contributed by atoms with van der Waals surface area (Å²) in [6.07, 6.45) is 0. The third-order valence-corrected chi connectivity index (χ3v) is 10.3. The first-order valence-corrected chi connectivity index (χ1v) is 15.2. The Kier molecular flexibility index (Phi) is 7.20. The number of carbonyl (C=O) groups is 3. The first-order valence-electron chi connectivity index (χ1n) is 12.4. The first-order chi connectivity index (χ1) is 19.2. The molecule has 1 saturated heterocycles. The molecule has 2 unspecified atom stereocenters. The summed E-state index contributed by atoms with van der Waals surface area (Å²) in [4.78, 5) is 55.6. The largest absolute Gasteiger partial charge is 0.325 e. The lowest BCUT2D eigenvalue weighted by Crippen LogP contribution is -2.33. The van der Waals surface area contributed by atoms with E-state index < -0.39 is 17.1 Å². The molecule has 3 amide bonds. The number of amides is 3. The van der Waals surface area contributed by atoms with Crippen molar-refractivity contribution in [3.8, 4) is 0 Å². The molecule has 1 N–H and O–H groups in total. The van der Waals surface area contributed by atoms with Gasteiger partial charge in [-0.15, -0.1) is 0 Å². The quantitative estimate of drug-likeness (QED) is 0.264. The minimum absolute atomic E-state index is 0.211. The molecule has 11 heteroatoms. The molecular formula is C29H21BrClN3O4S2. The molecule has 2 aliphatic heterocycles. The van der Waals surface area contributed by atoms with E-state index in [0.717, 1.165) is 26.9 Å². The standard InChI is InChI=1S/C29H21BrClN3O4S2/c1-15-4-2-7-19(12-15)32-21(35)14-33-28-25(40-29(33)38)22(16-5-3-6-17(30)13-16)23-24(39-28)27(37)34(26(23)36)20-10-8-18(31)9-11-20/h2-13,22-24H,14H2,1H3,(H,32,35)/t22-,23?,24?/m1/s1. The number of thioether (sulfide) groups is 1. The van der Waals surface area contributed by atoms with Gasteiger partial charge in [-0.25, -0.2) is 4.90 Å². The van der Waals surface area contributed by atoms with Crippen LogP contribution in [0, 0.1) is 12.8 Å². The summed E-state index contributed by atoms with van der Waals surface area (Å²) >= 11 is 11.8. The number of rotatable bonds is 5. The number of nitrogens with one attached hydrogen (secondary N) is 1. The van der Waals surface area contributed by atoms with Gasteiger partial charge >= 0.3 is 4.87 Å². The van der Waals surface area contributed by atoms with Crippen LogP contribution in [0.4, 0.5) is 11.4 Å². The molecule has 0 saturated carbocycles. The minimum atomic E-state index is -0.764. The molecule has 4 aromatic rings. The number of aryl methyl sites for hydroxylation is 1. The second kappa shape index (κ2) is 10.7. The van der Waals surface area contributed by atoms with E-state index in [0.29, 0.717) is 26.3 Å². The van der Waals surface area contributed by atoms with Crippen molar-refractivity contribution in [2.75, 3.05) is 10.2 Å². The second-order valence-electron chi connectivity index (χ2n) is 9.63. The van der Waals surface area contributed by atoms with E-state index in [1.807, 2.05) is 49.4 Å². The van der Waals surface area contributed by atoms with E-state index in [2.05, 4.69) is 21.2 Å². The lowest BCUT2D eigenvalue weighted by Gasteiger charge is -2.30. The number of carbonyl (C=O) groups excluding carboxylic acids is 3. The Morgan fingerprint density at radius 2 is 1.75 bits per heavy atom. The van der Waals surface area contributed by atoms with E-state index >= 15 is 0 Å². The smallest absolute Gasteiger partial charge is 0.308 e. The third-order valence-electron chi connectivity index (χ3n) is 6.95. The van der Waals surface area contributed by atoms with Gasteiger partial charge in [0.25, 0.3) is 0 Å². The maximum atomic E-state index is 13.9. The van der Waals surface area contributed by atoms with E-state index in [9.17, 15) is 19.2 Å². The van der Waals surface area contributed by atoms with Crippen LogP contribution in [0.3, 0.4) is 0 Å². The number of anilines is 2. The summed E-state index contributed by atoms with van der Waals surface area (Å²) in [6, 6.07) is 21.5. The fourth-order valence-corrected chi connectivity index (χ4v) is 8.54. The second-order valence-corrected chi connectivity index (χ2v) is 13.1. The zero-order chi connectivity index (χ0) is 28.1. The molecule has 0 radical (unpaired) electrons. The van der Waals surface area contributed by atoms with Gasteiger partial charge in [0.2, 0.25) is 17.7 Å². The summed E-state index contributed by atoms with van der Waals surface area (Å²) in [5.74, 6) is -2.30. The van der Waals surface area contributed by atoms with Crippen molar-refractivity contribution in [1.29, 1.82) is 0 Å². The van der Waals surface area contributed by atoms with Gasteiger partial charge in [-0.05, 0) is 66.6 Å². The highest BCUT2D eigenvalue weighted by atomic mass is 79.9. The average molecular weight is 655 g/mol. The van der Waals surface area contributed by atoms with Crippen molar-refractivity contribution in [3.05, 3.63) is 108 Å². The Morgan fingerprint density at radius 3 is 2.48 bits per heavy atom. The predicted molar refractivity (Wildman–Crippen MR) is 161 cm³/mol. The Bertz CT molecular complexity index is 1740. The van der Waals surface area contributed by atoms with Crippen LogP contribution in [-0.4, -0.2) is 27.5 Å². The normalized spacial score (nSPS) is 19.9. The Morgan fingerprint density at radius 1 is 1.00 bits per heavy atom. The predicted octanol–water partition coefficient (Wildman–Crippen LogP) is 6.07. The van der Waals surface area contributed by atoms with Gasteiger partial charge in [0.1, 0.15) is 11.8 Å².